The molecule has 1 atom stereocenters. The standard InChI is InChI=1S/C17H17N3O2S/c1-2-13(10-14(3-1)17-18-5-9-23-17)16-4-6-20(19-16)11-15-12-21-7-8-22-15/h1-6,9-10,15H,7-8,11-12H2/t15-/m0/s1. The summed E-state index contributed by atoms with van der Waals surface area (Å²) in [6.07, 6.45) is 3.90. The topological polar surface area (TPSA) is 49.2 Å². The van der Waals surface area contributed by atoms with E-state index in [1.165, 1.54) is 0 Å². The van der Waals surface area contributed by atoms with E-state index in [2.05, 4.69) is 28.3 Å². The zero-order valence-corrected chi connectivity index (χ0v) is 13.4. The number of thiazole rings is 1. The number of nitrogens with zero attached hydrogens (tertiary/aromatic N) is 3. The van der Waals surface area contributed by atoms with Crippen LogP contribution in [0.25, 0.3) is 21.8 Å². The summed E-state index contributed by atoms with van der Waals surface area (Å²) in [5.74, 6) is 0. The van der Waals surface area contributed by atoms with Crippen LogP contribution < -0.4 is 0 Å². The van der Waals surface area contributed by atoms with Gasteiger partial charge in [-0.3, -0.25) is 4.68 Å². The van der Waals surface area contributed by atoms with Crippen molar-refractivity contribution in [3.05, 3.63) is 48.1 Å². The van der Waals surface area contributed by atoms with Crippen molar-refractivity contribution in [3.8, 4) is 21.8 Å². The highest BCUT2D eigenvalue weighted by molar-refractivity contribution is 7.13. The minimum absolute atomic E-state index is 0.0816. The molecule has 1 aromatic carbocycles. The first-order chi connectivity index (χ1) is 11.4. The van der Waals surface area contributed by atoms with Gasteiger partial charge >= 0.3 is 0 Å². The summed E-state index contributed by atoms with van der Waals surface area (Å²) in [6, 6.07) is 10.4. The fraction of sp³-hybridized carbons (Fsp3) is 0.294. The van der Waals surface area contributed by atoms with Crippen molar-refractivity contribution in [3.63, 3.8) is 0 Å². The van der Waals surface area contributed by atoms with E-state index in [1.54, 1.807) is 11.3 Å². The minimum Gasteiger partial charge on any atom is -0.376 e. The monoisotopic (exact) mass is 327 g/mol. The van der Waals surface area contributed by atoms with Crippen LogP contribution in [0.5, 0.6) is 0 Å². The van der Waals surface area contributed by atoms with Crippen LogP contribution in [0, 0.1) is 0 Å². The molecule has 0 unspecified atom stereocenters. The van der Waals surface area contributed by atoms with Crippen LogP contribution in [0.1, 0.15) is 0 Å². The second-order valence-electron chi connectivity index (χ2n) is 5.41. The van der Waals surface area contributed by atoms with Gasteiger partial charge in [0, 0.05) is 28.9 Å². The van der Waals surface area contributed by atoms with Crippen molar-refractivity contribution < 1.29 is 9.47 Å². The fourth-order valence-corrected chi connectivity index (χ4v) is 3.28. The molecule has 118 valence electrons. The Kier molecular flexibility index (Phi) is 4.19. The molecule has 0 spiro atoms. The van der Waals surface area contributed by atoms with E-state index in [4.69, 9.17) is 9.47 Å². The van der Waals surface area contributed by atoms with Gasteiger partial charge in [-0.05, 0) is 12.1 Å². The Morgan fingerprint density at radius 1 is 1.22 bits per heavy atom. The number of hydrogen-bond donors (Lipinski definition) is 0. The van der Waals surface area contributed by atoms with E-state index in [0.29, 0.717) is 26.4 Å². The Bertz CT molecular complexity index is 764. The first-order valence-corrected chi connectivity index (χ1v) is 8.49. The molecule has 0 aliphatic carbocycles. The zero-order valence-electron chi connectivity index (χ0n) is 12.6. The quantitative estimate of drug-likeness (QED) is 0.739. The molecular weight excluding hydrogens is 310 g/mol. The Morgan fingerprint density at radius 2 is 2.17 bits per heavy atom. The van der Waals surface area contributed by atoms with Crippen LogP contribution >= 0.6 is 11.3 Å². The van der Waals surface area contributed by atoms with Gasteiger partial charge in [-0.15, -0.1) is 11.3 Å². The molecule has 0 bridgehead atoms. The number of benzene rings is 1. The van der Waals surface area contributed by atoms with E-state index in [9.17, 15) is 0 Å². The molecule has 0 radical (unpaired) electrons. The number of ether oxygens (including phenoxy) is 2. The average molecular weight is 327 g/mol. The van der Waals surface area contributed by atoms with Crippen LogP contribution in [0.4, 0.5) is 0 Å². The van der Waals surface area contributed by atoms with Crippen LogP contribution in [0.15, 0.2) is 48.1 Å². The van der Waals surface area contributed by atoms with Crippen molar-refractivity contribution >= 4 is 11.3 Å². The minimum atomic E-state index is 0.0816. The summed E-state index contributed by atoms with van der Waals surface area (Å²) in [5.41, 5.74) is 3.17. The second-order valence-corrected chi connectivity index (χ2v) is 6.30. The molecule has 6 heteroatoms. The fourth-order valence-electron chi connectivity index (χ4n) is 2.65. The Hall–Kier alpha value is -2.02. The van der Waals surface area contributed by atoms with Gasteiger partial charge in [0.15, 0.2) is 0 Å². The molecule has 0 N–H and O–H groups in total. The predicted molar refractivity (Wildman–Crippen MR) is 89.3 cm³/mol. The summed E-state index contributed by atoms with van der Waals surface area (Å²) in [7, 11) is 0. The van der Waals surface area contributed by atoms with Crippen LogP contribution in [0.2, 0.25) is 0 Å². The van der Waals surface area contributed by atoms with Gasteiger partial charge in [-0.25, -0.2) is 4.98 Å². The third-order valence-corrected chi connectivity index (χ3v) is 4.58. The smallest absolute Gasteiger partial charge is 0.123 e. The third kappa shape index (κ3) is 3.34. The molecule has 1 aliphatic heterocycles. The molecule has 5 nitrogen and oxygen atoms in total. The molecule has 23 heavy (non-hydrogen) atoms. The highest BCUT2D eigenvalue weighted by Gasteiger charge is 2.15. The van der Waals surface area contributed by atoms with E-state index in [0.717, 1.165) is 21.8 Å². The summed E-state index contributed by atoms with van der Waals surface area (Å²) in [6.45, 7) is 2.69. The van der Waals surface area contributed by atoms with Gasteiger partial charge in [0.1, 0.15) is 11.1 Å². The van der Waals surface area contributed by atoms with Gasteiger partial charge in [0.2, 0.25) is 0 Å². The largest absolute Gasteiger partial charge is 0.376 e. The van der Waals surface area contributed by atoms with E-state index in [-0.39, 0.29) is 6.10 Å². The lowest BCUT2D eigenvalue weighted by molar-refractivity contribution is -0.0946. The van der Waals surface area contributed by atoms with Gasteiger partial charge in [-0.1, -0.05) is 18.2 Å². The highest BCUT2D eigenvalue weighted by atomic mass is 32.1. The lowest BCUT2D eigenvalue weighted by Gasteiger charge is -2.22. The molecule has 4 rings (SSSR count). The first-order valence-electron chi connectivity index (χ1n) is 7.61. The van der Waals surface area contributed by atoms with Crippen molar-refractivity contribution in [2.75, 3.05) is 19.8 Å². The lowest BCUT2D eigenvalue weighted by atomic mass is 10.1. The summed E-state index contributed by atoms with van der Waals surface area (Å²) in [5, 5.41) is 7.68. The summed E-state index contributed by atoms with van der Waals surface area (Å²) >= 11 is 1.64. The van der Waals surface area contributed by atoms with Crippen molar-refractivity contribution in [1.29, 1.82) is 0 Å². The normalized spacial score (nSPS) is 18.2. The Morgan fingerprint density at radius 3 is 3.00 bits per heavy atom. The van der Waals surface area contributed by atoms with Crippen LogP contribution in [-0.2, 0) is 16.0 Å². The molecule has 1 aliphatic rings. The molecule has 0 amide bonds. The first kappa shape index (κ1) is 14.6. The van der Waals surface area contributed by atoms with E-state index >= 15 is 0 Å². The molecule has 0 saturated carbocycles. The highest BCUT2D eigenvalue weighted by Crippen LogP contribution is 2.26. The Balaban J connectivity index is 1.53. The van der Waals surface area contributed by atoms with Crippen LogP contribution in [0.3, 0.4) is 0 Å². The summed E-state index contributed by atoms with van der Waals surface area (Å²) < 4.78 is 13.0. The third-order valence-electron chi connectivity index (χ3n) is 3.75. The van der Waals surface area contributed by atoms with E-state index < -0.39 is 0 Å². The molecule has 2 aromatic heterocycles. The number of aromatic nitrogens is 3. The average Bonchev–Trinajstić information content (AvgIpc) is 3.28. The number of hydrogen-bond acceptors (Lipinski definition) is 5. The summed E-state index contributed by atoms with van der Waals surface area (Å²) in [4.78, 5) is 4.37. The second kappa shape index (κ2) is 6.62. The zero-order chi connectivity index (χ0) is 15.5. The SMILES string of the molecule is c1cc(-c2ccn(C[C@H]3COCCO3)n2)cc(-c2nccs2)c1. The predicted octanol–water partition coefficient (Wildman–Crippen LogP) is 3.09. The molecule has 3 aromatic rings. The molecule has 1 fully saturated rings. The van der Waals surface area contributed by atoms with Gasteiger partial charge < -0.3 is 9.47 Å². The van der Waals surface area contributed by atoms with Gasteiger partial charge in [-0.2, -0.15) is 5.10 Å². The van der Waals surface area contributed by atoms with Crippen molar-refractivity contribution in [1.82, 2.24) is 14.8 Å². The molecule has 1 saturated heterocycles. The lowest BCUT2D eigenvalue weighted by Crippen LogP contribution is -2.32. The van der Waals surface area contributed by atoms with Crippen LogP contribution in [-0.4, -0.2) is 40.7 Å². The maximum absolute atomic E-state index is 5.67. The van der Waals surface area contributed by atoms with Gasteiger partial charge in [0.05, 0.1) is 32.1 Å². The maximum Gasteiger partial charge on any atom is 0.123 e. The van der Waals surface area contributed by atoms with Crippen molar-refractivity contribution in [2.45, 2.75) is 12.6 Å². The molecular formula is C17H17N3O2S. The Labute approximate surface area is 138 Å². The molecule has 3 heterocycles. The van der Waals surface area contributed by atoms with E-state index in [1.807, 2.05) is 34.6 Å². The number of rotatable bonds is 4. The van der Waals surface area contributed by atoms with Gasteiger partial charge in [0.25, 0.3) is 0 Å². The van der Waals surface area contributed by atoms with Crippen molar-refractivity contribution in [2.24, 2.45) is 0 Å². The maximum atomic E-state index is 5.67.